The predicted molar refractivity (Wildman–Crippen MR) is 131 cm³/mol. The van der Waals surface area contributed by atoms with Gasteiger partial charge in [0.2, 0.25) is 0 Å². The van der Waals surface area contributed by atoms with Gasteiger partial charge in [0, 0.05) is 28.5 Å². The number of nitrogens with one attached hydrogen (secondary N) is 1. The lowest BCUT2D eigenvalue weighted by Crippen LogP contribution is -2.33. The highest BCUT2D eigenvalue weighted by molar-refractivity contribution is 6.30. The smallest absolute Gasteiger partial charge is 0.280 e. The summed E-state index contributed by atoms with van der Waals surface area (Å²) in [5.74, 6) is 0.610. The van der Waals surface area contributed by atoms with Crippen molar-refractivity contribution < 1.29 is 14.3 Å². The molecular formula is C25H18ClN5O4. The first-order valence-corrected chi connectivity index (χ1v) is 11.2. The number of pyridine rings is 1. The lowest BCUT2D eigenvalue weighted by atomic mass is 10.1. The summed E-state index contributed by atoms with van der Waals surface area (Å²) in [7, 11) is 0. The normalized spacial score (nSPS) is 12.7. The summed E-state index contributed by atoms with van der Waals surface area (Å²) >= 11 is 6.18. The van der Waals surface area contributed by atoms with Crippen LogP contribution >= 0.6 is 11.6 Å². The number of carbonyl (C=O) groups is 1. The molecule has 4 heterocycles. The molecule has 9 nitrogen and oxygen atoms in total. The van der Waals surface area contributed by atoms with Crippen molar-refractivity contribution in [1.82, 2.24) is 19.3 Å². The van der Waals surface area contributed by atoms with Gasteiger partial charge >= 0.3 is 0 Å². The van der Waals surface area contributed by atoms with Crippen LogP contribution in [0.1, 0.15) is 16.1 Å². The highest BCUT2D eigenvalue weighted by atomic mass is 35.5. The third-order valence-electron chi connectivity index (χ3n) is 5.83. The molecule has 0 unspecified atom stereocenters. The van der Waals surface area contributed by atoms with E-state index in [2.05, 4.69) is 15.5 Å². The zero-order chi connectivity index (χ0) is 24.1. The SMILES string of the molecule is Cc1nn2c(ncc3c(=O)n(NC(=O)c4ccc5c(c4)OCCO5)ccc32)c1-c1cccc(Cl)c1. The third kappa shape index (κ3) is 3.57. The van der Waals surface area contributed by atoms with Crippen LogP contribution in [0.2, 0.25) is 5.02 Å². The molecule has 0 bridgehead atoms. The monoisotopic (exact) mass is 487 g/mol. The van der Waals surface area contributed by atoms with Gasteiger partial charge in [0.25, 0.3) is 11.5 Å². The first kappa shape index (κ1) is 21.2. The summed E-state index contributed by atoms with van der Waals surface area (Å²) in [6.07, 6.45) is 2.99. The molecular weight excluding hydrogens is 470 g/mol. The molecule has 2 aromatic carbocycles. The van der Waals surface area contributed by atoms with E-state index in [1.54, 1.807) is 34.8 Å². The number of rotatable bonds is 3. The molecule has 0 spiro atoms. The van der Waals surface area contributed by atoms with Crippen LogP contribution in [-0.2, 0) is 0 Å². The van der Waals surface area contributed by atoms with Crippen LogP contribution in [0.4, 0.5) is 0 Å². The van der Waals surface area contributed by atoms with Crippen LogP contribution in [0.5, 0.6) is 11.5 Å². The van der Waals surface area contributed by atoms with Crippen molar-refractivity contribution in [2.24, 2.45) is 0 Å². The zero-order valence-corrected chi connectivity index (χ0v) is 19.2. The van der Waals surface area contributed by atoms with Gasteiger partial charge in [-0.1, -0.05) is 23.7 Å². The molecule has 1 amide bonds. The molecule has 35 heavy (non-hydrogen) atoms. The zero-order valence-electron chi connectivity index (χ0n) is 18.5. The molecule has 0 atom stereocenters. The van der Waals surface area contributed by atoms with E-state index < -0.39 is 11.5 Å². The quantitative estimate of drug-likeness (QED) is 0.415. The van der Waals surface area contributed by atoms with Gasteiger partial charge in [-0.3, -0.25) is 15.0 Å². The Morgan fingerprint density at radius 2 is 1.91 bits per heavy atom. The highest BCUT2D eigenvalue weighted by Crippen LogP contribution is 2.31. The van der Waals surface area contributed by atoms with Crippen molar-refractivity contribution in [1.29, 1.82) is 0 Å². The fourth-order valence-electron chi connectivity index (χ4n) is 4.20. The molecule has 0 radical (unpaired) electrons. The number of hydrogen-bond acceptors (Lipinski definition) is 6. The fraction of sp³-hybridized carbons (Fsp3) is 0.120. The maximum atomic E-state index is 13.2. The molecule has 1 aliphatic heterocycles. The largest absolute Gasteiger partial charge is 0.486 e. The van der Waals surface area contributed by atoms with E-state index in [-0.39, 0.29) is 0 Å². The van der Waals surface area contributed by atoms with Crippen molar-refractivity contribution in [2.75, 3.05) is 18.6 Å². The van der Waals surface area contributed by atoms with Crippen molar-refractivity contribution >= 4 is 34.1 Å². The Balaban J connectivity index is 1.39. The summed E-state index contributed by atoms with van der Waals surface area (Å²) in [6.45, 7) is 2.75. The van der Waals surface area contributed by atoms with Crippen molar-refractivity contribution in [2.45, 2.75) is 6.92 Å². The predicted octanol–water partition coefficient (Wildman–Crippen LogP) is 3.83. The number of nitrogens with zero attached hydrogens (tertiary/aromatic N) is 4. The van der Waals surface area contributed by atoms with E-state index in [0.29, 0.717) is 51.8 Å². The number of halogens is 1. The van der Waals surface area contributed by atoms with Crippen LogP contribution in [0.15, 0.2) is 65.7 Å². The molecule has 1 N–H and O–H groups in total. The van der Waals surface area contributed by atoms with Gasteiger partial charge in [-0.05, 0) is 48.9 Å². The number of amides is 1. The summed E-state index contributed by atoms with van der Waals surface area (Å²) in [5.41, 5.74) is 6.18. The Hall–Kier alpha value is -4.37. The molecule has 0 aliphatic carbocycles. The highest BCUT2D eigenvalue weighted by Gasteiger charge is 2.18. The summed E-state index contributed by atoms with van der Waals surface area (Å²) < 4.78 is 13.8. The van der Waals surface area contributed by atoms with E-state index in [9.17, 15) is 9.59 Å². The van der Waals surface area contributed by atoms with Crippen LogP contribution in [0.25, 0.3) is 27.7 Å². The second kappa shape index (κ2) is 8.14. The van der Waals surface area contributed by atoms with Gasteiger partial charge < -0.3 is 9.47 Å². The van der Waals surface area contributed by atoms with Crippen molar-refractivity contribution in [3.05, 3.63) is 87.6 Å². The van der Waals surface area contributed by atoms with Crippen LogP contribution < -0.4 is 20.5 Å². The Kier molecular flexibility index (Phi) is 4.93. The van der Waals surface area contributed by atoms with Gasteiger partial charge in [-0.2, -0.15) is 5.10 Å². The van der Waals surface area contributed by atoms with E-state index in [4.69, 9.17) is 21.1 Å². The number of carbonyl (C=O) groups excluding carboxylic acids is 1. The molecule has 10 heteroatoms. The Morgan fingerprint density at radius 3 is 2.74 bits per heavy atom. The van der Waals surface area contributed by atoms with Gasteiger partial charge in [0.15, 0.2) is 17.1 Å². The van der Waals surface area contributed by atoms with E-state index in [1.165, 1.54) is 12.4 Å². The number of benzene rings is 2. The van der Waals surface area contributed by atoms with Gasteiger partial charge in [-0.15, -0.1) is 0 Å². The van der Waals surface area contributed by atoms with Gasteiger partial charge in [-0.25, -0.2) is 14.2 Å². The number of aryl methyl sites for hydroxylation is 1. The Bertz CT molecular complexity index is 1710. The summed E-state index contributed by atoms with van der Waals surface area (Å²) in [6, 6.07) is 14.0. The Morgan fingerprint density at radius 1 is 1.09 bits per heavy atom. The molecule has 5 aromatic rings. The number of ether oxygens (including phenoxy) is 2. The second-order valence-electron chi connectivity index (χ2n) is 8.05. The lowest BCUT2D eigenvalue weighted by Gasteiger charge is -2.18. The molecule has 0 saturated carbocycles. The summed E-state index contributed by atoms with van der Waals surface area (Å²) in [4.78, 5) is 30.5. The number of hydrogen-bond donors (Lipinski definition) is 1. The first-order chi connectivity index (χ1) is 17.0. The maximum Gasteiger partial charge on any atom is 0.280 e. The first-order valence-electron chi connectivity index (χ1n) is 10.9. The topological polar surface area (TPSA) is 99.8 Å². The standard InChI is InChI=1S/C25H18ClN5O4/c1-14-22(15-3-2-4-17(26)11-15)23-27-13-18-19(31(23)28-14)7-8-30(25(18)33)29-24(32)16-5-6-20-21(12-16)35-10-9-34-20/h2-8,11-13H,9-10H2,1H3,(H,29,32). The average Bonchev–Trinajstić information content (AvgIpc) is 3.21. The molecule has 3 aromatic heterocycles. The van der Waals surface area contributed by atoms with E-state index in [1.807, 2.05) is 25.1 Å². The molecule has 0 fully saturated rings. The molecule has 6 rings (SSSR count). The minimum atomic E-state index is -0.462. The van der Waals surface area contributed by atoms with Crippen LogP contribution in [-0.4, -0.2) is 38.4 Å². The fourth-order valence-corrected chi connectivity index (χ4v) is 4.39. The van der Waals surface area contributed by atoms with Gasteiger partial charge in [0.1, 0.15) is 13.2 Å². The second-order valence-corrected chi connectivity index (χ2v) is 8.49. The van der Waals surface area contributed by atoms with E-state index >= 15 is 0 Å². The number of fused-ring (bicyclic) bond motifs is 4. The van der Waals surface area contributed by atoms with Crippen molar-refractivity contribution in [3.8, 4) is 22.6 Å². The lowest BCUT2D eigenvalue weighted by molar-refractivity contribution is 0.101. The summed E-state index contributed by atoms with van der Waals surface area (Å²) in [5, 5.41) is 5.54. The number of aromatic nitrogens is 4. The minimum absolute atomic E-state index is 0.308. The Labute approximate surface area is 203 Å². The van der Waals surface area contributed by atoms with Gasteiger partial charge in [0.05, 0.1) is 16.6 Å². The van der Waals surface area contributed by atoms with Crippen molar-refractivity contribution in [3.63, 3.8) is 0 Å². The molecule has 0 saturated heterocycles. The van der Waals surface area contributed by atoms with Crippen LogP contribution in [0, 0.1) is 6.92 Å². The minimum Gasteiger partial charge on any atom is -0.486 e. The molecule has 174 valence electrons. The molecule has 1 aliphatic rings. The van der Waals surface area contributed by atoms with E-state index in [0.717, 1.165) is 21.5 Å². The maximum absolute atomic E-state index is 13.2. The third-order valence-corrected chi connectivity index (χ3v) is 6.06. The average molecular weight is 488 g/mol. The van der Waals surface area contributed by atoms with Crippen LogP contribution in [0.3, 0.4) is 0 Å².